The number of H-pyrrole nitrogens is 1. The molecule has 7 nitrogen and oxygen atoms in total. The van der Waals surface area contributed by atoms with Crippen LogP contribution >= 0.6 is 0 Å². The Morgan fingerprint density at radius 2 is 2.00 bits per heavy atom. The molecule has 8 heteroatoms. The maximum atomic E-state index is 14.7. The third-order valence-corrected chi connectivity index (χ3v) is 4.64. The second kappa shape index (κ2) is 7.33. The number of rotatable bonds is 4. The van der Waals surface area contributed by atoms with E-state index in [0.29, 0.717) is 24.3 Å². The van der Waals surface area contributed by atoms with Gasteiger partial charge in [0.15, 0.2) is 0 Å². The number of fused-ring (bicyclic) bond motifs is 1. The summed E-state index contributed by atoms with van der Waals surface area (Å²) in [6.07, 6.45) is 0. The van der Waals surface area contributed by atoms with Crippen LogP contribution in [0.3, 0.4) is 0 Å². The molecule has 1 aliphatic heterocycles. The highest BCUT2D eigenvalue weighted by Gasteiger charge is 2.23. The molecule has 1 aliphatic rings. The average Bonchev–Trinajstić information content (AvgIpc) is 2.62. The van der Waals surface area contributed by atoms with Gasteiger partial charge in [-0.05, 0) is 26.1 Å². The van der Waals surface area contributed by atoms with Crippen molar-refractivity contribution in [1.82, 2.24) is 9.88 Å². The fraction of sp³-hybridized carbons (Fsp3) is 0.444. The number of ether oxygens (including phenoxy) is 1. The molecule has 0 unspecified atom stereocenters. The van der Waals surface area contributed by atoms with Gasteiger partial charge in [0.1, 0.15) is 17.2 Å². The molecule has 140 valence electrons. The predicted octanol–water partition coefficient (Wildman–Crippen LogP) is 1.64. The minimum Gasteiger partial charge on any atom is -0.462 e. The minimum atomic E-state index is -0.733. The second-order valence-corrected chi connectivity index (χ2v) is 6.31. The van der Waals surface area contributed by atoms with Crippen molar-refractivity contribution in [2.45, 2.75) is 6.92 Å². The summed E-state index contributed by atoms with van der Waals surface area (Å²) in [4.78, 5) is 32.1. The number of esters is 1. The number of likely N-dealkylation sites (N-methyl/N-ethyl adjacent to an activating group) is 1. The van der Waals surface area contributed by atoms with Crippen LogP contribution in [0.25, 0.3) is 10.9 Å². The molecular weight excluding hydrogens is 339 g/mol. The van der Waals surface area contributed by atoms with E-state index in [2.05, 4.69) is 15.2 Å². The zero-order valence-corrected chi connectivity index (χ0v) is 15.2. The molecule has 2 N–H and O–H groups in total. The summed E-state index contributed by atoms with van der Waals surface area (Å²) in [5.74, 6) is -0.944. The van der Waals surface area contributed by atoms with Crippen LogP contribution in [0, 0.1) is 5.82 Å². The van der Waals surface area contributed by atoms with E-state index in [4.69, 9.17) is 4.74 Å². The number of piperazine rings is 1. The predicted molar refractivity (Wildman–Crippen MR) is 99.7 cm³/mol. The number of nitrogens with zero attached hydrogens (tertiary/aromatic N) is 2. The van der Waals surface area contributed by atoms with Gasteiger partial charge in [-0.2, -0.15) is 0 Å². The molecule has 0 atom stereocenters. The van der Waals surface area contributed by atoms with Crippen LogP contribution in [0.5, 0.6) is 0 Å². The third kappa shape index (κ3) is 3.24. The van der Waals surface area contributed by atoms with Gasteiger partial charge in [-0.1, -0.05) is 0 Å². The number of benzene rings is 1. The molecule has 1 aromatic heterocycles. The van der Waals surface area contributed by atoms with E-state index in [-0.39, 0.29) is 23.4 Å². The van der Waals surface area contributed by atoms with Gasteiger partial charge in [0, 0.05) is 38.6 Å². The SMILES string of the molecule is CCOC(=O)c1c(NC)[nH]c2cc(N3CCN(C)CC3)c(F)cc2c1=O. The fourth-order valence-corrected chi connectivity index (χ4v) is 3.17. The molecule has 1 aromatic carbocycles. The summed E-state index contributed by atoms with van der Waals surface area (Å²) in [5.41, 5.74) is 0.230. The van der Waals surface area contributed by atoms with E-state index in [0.717, 1.165) is 13.1 Å². The molecule has 1 saturated heterocycles. The monoisotopic (exact) mass is 362 g/mol. The zero-order chi connectivity index (χ0) is 18.8. The lowest BCUT2D eigenvalue weighted by Crippen LogP contribution is -2.44. The number of aromatic amines is 1. The molecule has 2 aromatic rings. The van der Waals surface area contributed by atoms with Crippen LogP contribution in [0.4, 0.5) is 15.9 Å². The second-order valence-electron chi connectivity index (χ2n) is 6.31. The van der Waals surface area contributed by atoms with Crippen LogP contribution < -0.4 is 15.6 Å². The maximum Gasteiger partial charge on any atom is 0.345 e. The molecule has 0 spiro atoms. The van der Waals surface area contributed by atoms with Gasteiger partial charge >= 0.3 is 5.97 Å². The standard InChI is InChI=1S/C18H23FN4O3/c1-4-26-18(25)15-16(24)11-9-12(19)14(10-13(11)21-17(15)20-2)23-7-5-22(3)6-8-23/h9-10H,4-8H2,1-3H3,(H2,20,21,24). The smallest absolute Gasteiger partial charge is 0.345 e. The topological polar surface area (TPSA) is 77.7 Å². The van der Waals surface area contributed by atoms with Gasteiger partial charge in [-0.3, -0.25) is 4.79 Å². The molecule has 2 heterocycles. The molecule has 0 bridgehead atoms. The lowest BCUT2D eigenvalue weighted by Gasteiger charge is -2.34. The van der Waals surface area contributed by atoms with Crippen molar-refractivity contribution in [3.05, 3.63) is 33.7 Å². The molecule has 1 fully saturated rings. The average molecular weight is 362 g/mol. The Kier molecular flexibility index (Phi) is 5.13. The summed E-state index contributed by atoms with van der Waals surface area (Å²) in [6.45, 7) is 4.92. The van der Waals surface area contributed by atoms with Crippen molar-refractivity contribution in [3.63, 3.8) is 0 Å². The Morgan fingerprint density at radius 3 is 2.62 bits per heavy atom. The first-order valence-electron chi connectivity index (χ1n) is 8.64. The zero-order valence-electron chi connectivity index (χ0n) is 15.2. The number of carbonyl (C=O) groups is 1. The van der Waals surface area contributed by atoms with E-state index in [1.54, 1.807) is 20.0 Å². The number of nitrogens with one attached hydrogen (secondary N) is 2. The Labute approximate surface area is 150 Å². The van der Waals surface area contributed by atoms with Gasteiger partial charge in [0.25, 0.3) is 0 Å². The molecule has 26 heavy (non-hydrogen) atoms. The van der Waals surface area contributed by atoms with Crippen LogP contribution in [0.1, 0.15) is 17.3 Å². The van der Waals surface area contributed by atoms with Crippen molar-refractivity contribution >= 4 is 28.4 Å². The molecule has 3 rings (SSSR count). The first kappa shape index (κ1) is 18.2. The summed E-state index contributed by atoms with van der Waals surface area (Å²) < 4.78 is 19.7. The first-order chi connectivity index (χ1) is 12.5. The largest absolute Gasteiger partial charge is 0.462 e. The summed E-state index contributed by atoms with van der Waals surface area (Å²) >= 11 is 0. The highest BCUT2D eigenvalue weighted by Crippen LogP contribution is 2.26. The Bertz CT molecular complexity index is 888. The number of carbonyl (C=O) groups excluding carboxylic acids is 1. The van der Waals surface area contributed by atoms with E-state index in [9.17, 15) is 14.0 Å². The Hall–Kier alpha value is -2.61. The summed E-state index contributed by atoms with van der Waals surface area (Å²) in [7, 11) is 3.63. The maximum absolute atomic E-state index is 14.7. The Morgan fingerprint density at radius 1 is 1.31 bits per heavy atom. The number of halogens is 1. The number of aromatic nitrogens is 1. The molecule has 0 saturated carbocycles. The number of hydrogen-bond donors (Lipinski definition) is 2. The van der Waals surface area contributed by atoms with Crippen LogP contribution in [0.2, 0.25) is 0 Å². The highest BCUT2D eigenvalue weighted by atomic mass is 19.1. The third-order valence-electron chi connectivity index (χ3n) is 4.64. The first-order valence-corrected chi connectivity index (χ1v) is 8.64. The van der Waals surface area contributed by atoms with Crippen molar-refractivity contribution in [2.24, 2.45) is 0 Å². The Balaban J connectivity index is 2.12. The van der Waals surface area contributed by atoms with Crippen molar-refractivity contribution in [2.75, 3.05) is 57.1 Å². The van der Waals surface area contributed by atoms with Crippen LogP contribution in [0.15, 0.2) is 16.9 Å². The van der Waals surface area contributed by atoms with E-state index in [1.165, 1.54) is 6.07 Å². The van der Waals surface area contributed by atoms with Crippen LogP contribution in [-0.4, -0.2) is 62.7 Å². The van der Waals surface area contributed by atoms with E-state index < -0.39 is 17.2 Å². The lowest BCUT2D eigenvalue weighted by atomic mass is 10.1. The molecular formula is C18H23FN4O3. The van der Waals surface area contributed by atoms with E-state index in [1.807, 2.05) is 11.9 Å². The van der Waals surface area contributed by atoms with E-state index >= 15 is 0 Å². The normalized spacial score (nSPS) is 15.3. The van der Waals surface area contributed by atoms with Gasteiger partial charge in [0.2, 0.25) is 5.43 Å². The van der Waals surface area contributed by atoms with Crippen molar-refractivity contribution < 1.29 is 13.9 Å². The fourth-order valence-electron chi connectivity index (χ4n) is 3.17. The summed E-state index contributed by atoms with van der Waals surface area (Å²) in [5, 5.41) is 2.94. The number of anilines is 2. The van der Waals surface area contributed by atoms with Crippen molar-refractivity contribution in [3.8, 4) is 0 Å². The molecule has 0 aliphatic carbocycles. The van der Waals surface area contributed by atoms with Gasteiger partial charge in [0.05, 0.1) is 17.8 Å². The van der Waals surface area contributed by atoms with Crippen molar-refractivity contribution in [1.29, 1.82) is 0 Å². The lowest BCUT2D eigenvalue weighted by molar-refractivity contribution is 0.0526. The summed E-state index contributed by atoms with van der Waals surface area (Å²) in [6, 6.07) is 2.83. The highest BCUT2D eigenvalue weighted by molar-refractivity contribution is 5.99. The molecule has 0 radical (unpaired) electrons. The van der Waals surface area contributed by atoms with Gasteiger partial charge < -0.3 is 24.8 Å². The van der Waals surface area contributed by atoms with Crippen LogP contribution in [-0.2, 0) is 4.74 Å². The quantitative estimate of drug-likeness (QED) is 0.805. The molecule has 0 amide bonds. The number of hydrogen-bond acceptors (Lipinski definition) is 6. The minimum absolute atomic E-state index is 0.127. The van der Waals surface area contributed by atoms with Gasteiger partial charge in [-0.15, -0.1) is 0 Å². The van der Waals surface area contributed by atoms with Gasteiger partial charge in [-0.25, -0.2) is 9.18 Å². The number of pyridine rings is 1.